The lowest BCUT2D eigenvalue weighted by atomic mass is 9.95. The lowest BCUT2D eigenvalue weighted by Gasteiger charge is -2.19. The average Bonchev–Trinajstić information content (AvgIpc) is 3.16. The number of furan rings is 1. The molecule has 0 fully saturated rings. The van der Waals surface area contributed by atoms with E-state index in [1.165, 1.54) is 11.6 Å². The van der Waals surface area contributed by atoms with Crippen LogP contribution in [0.5, 0.6) is 0 Å². The number of hydrogen-bond acceptors (Lipinski definition) is 4. The van der Waals surface area contributed by atoms with Crippen molar-refractivity contribution in [2.75, 3.05) is 14.1 Å². The third-order valence-electron chi connectivity index (χ3n) is 5.03. The van der Waals surface area contributed by atoms with Crippen molar-refractivity contribution in [3.63, 3.8) is 0 Å². The number of benzene rings is 2. The van der Waals surface area contributed by atoms with E-state index in [0.717, 1.165) is 34.5 Å². The second-order valence-electron chi connectivity index (χ2n) is 7.55. The Morgan fingerprint density at radius 3 is 2.66 bits per heavy atom. The van der Waals surface area contributed by atoms with E-state index in [-0.39, 0.29) is 5.82 Å². The highest BCUT2D eigenvalue weighted by Crippen LogP contribution is 2.28. The highest BCUT2D eigenvalue weighted by molar-refractivity contribution is 5.95. The summed E-state index contributed by atoms with van der Waals surface area (Å²) in [6.45, 7) is 5.47. The van der Waals surface area contributed by atoms with Crippen LogP contribution in [0.4, 0.5) is 4.39 Å². The maximum Gasteiger partial charge on any atom is 0.134 e. The van der Waals surface area contributed by atoms with Crippen molar-refractivity contribution in [3.8, 4) is 0 Å². The molecule has 0 aliphatic carbocycles. The number of aliphatic imine (C=N–C) groups is 1. The van der Waals surface area contributed by atoms with Crippen LogP contribution in [0.3, 0.4) is 0 Å². The molecule has 5 heteroatoms. The van der Waals surface area contributed by atoms with Gasteiger partial charge in [0, 0.05) is 42.2 Å². The zero-order valence-electron chi connectivity index (χ0n) is 16.7. The molecule has 4 rings (SSSR count). The molecule has 0 amide bonds. The Hall–Kier alpha value is -3.18. The van der Waals surface area contributed by atoms with Gasteiger partial charge in [0.2, 0.25) is 0 Å². The van der Waals surface area contributed by atoms with Crippen molar-refractivity contribution in [2.45, 2.75) is 19.5 Å². The Balaban J connectivity index is 1.49. The summed E-state index contributed by atoms with van der Waals surface area (Å²) in [7, 11) is 4.11. The average molecular weight is 389 g/mol. The molecule has 0 radical (unpaired) electrons. The number of fused-ring (bicyclic) bond motifs is 1. The highest BCUT2D eigenvalue weighted by atomic mass is 19.1. The lowest BCUT2D eigenvalue weighted by molar-refractivity contribution is 0.402. The Labute approximate surface area is 170 Å². The fraction of sp³-hybridized carbons (Fsp3) is 0.208. The van der Waals surface area contributed by atoms with E-state index >= 15 is 0 Å². The van der Waals surface area contributed by atoms with E-state index in [1.807, 2.05) is 6.20 Å². The summed E-state index contributed by atoms with van der Waals surface area (Å²) in [6, 6.07) is 13.4. The van der Waals surface area contributed by atoms with Gasteiger partial charge < -0.3 is 14.6 Å². The Morgan fingerprint density at radius 2 is 1.93 bits per heavy atom. The first-order chi connectivity index (χ1) is 14.0. The van der Waals surface area contributed by atoms with Crippen molar-refractivity contribution in [3.05, 3.63) is 89.6 Å². The van der Waals surface area contributed by atoms with Crippen LogP contribution in [-0.4, -0.2) is 24.8 Å². The van der Waals surface area contributed by atoms with E-state index in [4.69, 9.17) is 4.42 Å². The van der Waals surface area contributed by atoms with E-state index in [1.54, 1.807) is 18.4 Å². The summed E-state index contributed by atoms with van der Waals surface area (Å²) >= 11 is 0. The molecule has 2 aromatic carbocycles. The molecule has 0 spiro atoms. The van der Waals surface area contributed by atoms with Crippen LogP contribution in [0.2, 0.25) is 0 Å². The molecule has 0 saturated heterocycles. The number of nitrogens with zero attached hydrogens (tertiary/aromatic N) is 2. The summed E-state index contributed by atoms with van der Waals surface area (Å²) in [5, 5.41) is 4.03. The van der Waals surface area contributed by atoms with Crippen molar-refractivity contribution < 1.29 is 8.81 Å². The van der Waals surface area contributed by atoms with Gasteiger partial charge in [0.25, 0.3) is 0 Å². The van der Waals surface area contributed by atoms with Gasteiger partial charge in [-0.2, -0.15) is 0 Å². The molecule has 0 bridgehead atoms. The summed E-state index contributed by atoms with van der Waals surface area (Å²) in [4.78, 5) is 6.69. The van der Waals surface area contributed by atoms with Crippen LogP contribution < -0.4 is 5.32 Å². The number of amidine groups is 1. The van der Waals surface area contributed by atoms with Crippen LogP contribution >= 0.6 is 0 Å². The van der Waals surface area contributed by atoms with Crippen LogP contribution in [0.25, 0.3) is 16.5 Å². The molecule has 148 valence electrons. The van der Waals surface area contributed by atoms with Gasteiger partial charge in [0.1, 0.15) is 17.2 Å². The van der Waals surface area contributed by atoms with Crippen molar-refractivity contribution in [2.24, 2.45) is 4.99 Å². The van der Waals surface area contributed by atoms with E-state index in [0.29, 0.717) is 24.1 Å². The van der Waals surface area contributed by atoms with Crippen molar-refractivity contribution >= 4 is 22.4 Å². The predicted octanol–water partition coefficient (Wildman–Crippen LogP) is 5.12. The third kappa shape index (κ3) is 4.15. The molecule has 1 aromatic heterocycles. The predicted molar refractivity (Wildman–Crippen MR) is 116 cm³/mol. The zero-order valence-corrected chi connectivity index (χ0v) is 16.7. The SMILES string of the molecule is C=C1CC(NCc2c(F)ccc3occc23)=NC=C1c1ccc(CN(C)C)cc1. The molecule has 3 aromatic rings. The maximum absolute atomic E-state index is 14.3. The molecule has 1 aliphatic rings. The van der Waals surface area contributed by atoms with Crippen molar-refractivity contribution in [1.82, 2.24) is 10.2 Å². The molecule has 4 nitrogen and oxygen atoms in total. The first-order valence-electron chi connectivity index (χ1n) is 9.59. The van der Waals surface area contributed by atoms with E-state index < -0.39 is 0 Å². The van der Waals surface area contributed by atoms with E-state index in [2.05, 4.69) is 60.1 Å². The second-order valence-corrected chi connectivity index (χ2v) is 7.55. The monoisotopic (exact) mass is 389 g/mol. The number of halogens is 1. The molecular formula is C24H24FN3O. The molecule has 0 saturated carbocycles. The van der Waals surface area contributed by atoms with Gasteiger partial charge in [0.05, 0.1) is 6.26 Å². The van der Waals surface area contributed by atoms with Gasteiger partial charge in [-0.3, -0.25) is 0 Å². The van der Waals surface area contributed by atoms with Crippen LogP contribution in [-0.2, 0) is 13.1 Å². The Bertz CT molecular complexity index is 1110. The maximum atomic E-state index is 14.3. The second kappa shape index (κ2) is 8.05. The highest BCUT2D eigenvalue weighted by Gasteiger charge is 2.15. The fourth-order valence-electron chi connectivity index (χ4n) is 3.57. The van der Waals surface area contributed by atoms with Gasteiger partial charge >= 0.3 is 0 Å². The van der Waals surface area contributed by atoms with Gasteiger partial charge in [-0.25, -0.2) is 9.38 Å². The molecule has 1 N–H and O–H groups in total. The van der Waals surface area contributed by atoms with Crippen LogP contribution in [0, 0.1) is 5.82 Å². The Kier molecular flexibility index (Phi) is 5.32. The number of allylic oxidation sites excluding steroid dienone is 1. The van der Waals surface area contributed by atoms with Gasteiger partial charge in [0.15, 0.2) is 0 Å². The van der Waals surface area contributed by atoms with Gasteiger partial charge in [-0.15, -0.1) is 0 Å². The molecule has 29 heavy (non-hydrogen) atoms. The molecule has 0 unspecified atom stereocenters. The molecule has 2 heterocycles. The molecule has 1 aliphatic heterocycles. The summed E-state index contributed by atoms with van der Waals surface area (Å²) in [5.41, 5.74) is 5.66. The van der Waals surface area contributed by atoms with Crippen LogP contribution in [0.15, 0.2) is 76.5 Å². The number of hydrogen-bond donors (Lipinski definition) is 1. The standard InChI is InChI=1S/C24H24FN3O/c1-16-12-24(27-14-21-19-10-11-29-23(19)9-8-22(21)25)26-13-20(16)18-6-4-17(5-7-18)15-28(2)3/h4-11,13H,1,12,14-15H2,2-3H3,(H,26,27). The molecule has 0 atom stereocenters. The minimum atomic E-state index is -0.254. The van der Waals surface area contributed by atoms with Gasteiger partial charge in [-0.05, 0) is 49.0 Å². The summed E-state index contributed by atoms with van der Waals surface area (Å²) in [5.74, 6) is 0.526. The first-order valence-corrected chi connectivity index (χ1v) is 9.59. The smallest absolute Gasteiger partial charge is 0.134 e. The zero-order chi connectivity index (χ0) is 20.4. The number of nitrogens with one attached hydrogen (secondary N) is 1. The lowest BCUT2D eigenvalue weighted by Crippen LogP contribution is -2.25. The van der Waals surface area contributed by atoms with Crippen molar-refractivity contribution in [1.29, 1.82) is 0 Å². The van der Waals surface area contributed by atoms with Crippen LogP contribution in [0.1, 0.15) is 23.1 Å². The quantitative estimate of drug-likeness (QED) is 0.658. The Morgan fingerprint density at radius 1 is 1.14 bits per heavy atom. The van der Waals surface area contributed by atoms with Gasteiger partial charge in [-0.1, -0.05) is 30.8 Å². The number of rotatable bonds is 5. The summed E-state index contributed by atoms with van der Waals surface area (Å²) < 4.78 is 19.6. The minimum Gasteiger partial charge on any atom is -0.464 e. The largest absolute Gasteiger partial charge is 0.464 e. The fourth-order valence-corrected chi connectivity index (χ4v) is 3.57. The normalized spacial score (nSPS) is 14.3. The third-order valence-corrected chi connectivity index (χ3v) is 5.03. The minimum absolute atomic E-state index is 0.254. The topological polar surface area (TPSA) is 40.8 Å². The summed E-state index contributed by atoms with van der Waals surface area (Å²) in [6.07, 6.45) is 4.02. The van der Waals surface area contributed by atoms with E-state index in [9.17, 15) is 4.39 Å². The molecular weight excluding hydrogens is 365 g/mol. The first kappa shape index (κ1) is 19.2.